The van der Waals surface area contributed by atoms with Gasteiger partial charge in [-0.2, -0.15) is 0 Å². The fourth-order valence-corrected chi connectivity index (χ4v) is 4.35. The molecule has 0 N–H and O–H groups in total. The van der Waals surface area contributed by atoms with E-state index in [0.29, 0.717) is 42.5 Å². The van der Waals surface area contributed by atoms with Gasteiger partial charge in [-0.15, -0.1) is 0 Å². The van der Waals surface area contributed by atoms with Crippen molar-refractivity contribution in [2.24, 2.45) is 0 Å². The Labute approximate surface area is 205 Å². The number of nitrogens with zero attached hydrogens (tertiary/aromatic N) is 2. The molecule has 4 rings (SSSR count). The Kier molecular flexibility index (Phi) is 7.75. The number of ether oxygens (including phenoxy) is 3. The molecule has 184 valence electrons. The number of urea groups is 1. The molecule has 3 aromatic rings. The van der Waals surface area contributed by atoms with Gasteiger partial charge in [0.1, 0.15) is 11.6 Å². The molecule has 1 aliphatic heterocycles. The average Bonchev–Trinajstić information content (AvgIpc) is 2.86. The quantitative estimate of drug-likeness (QED) is 0.401. The van der Waals surface area contributed by atoms with Gasteiger partial charge >= 0.3 is 6.03 Å². The van der Waals surface area contributed by atoms with E-state index in [-0.39, 0.29) is 18.4 Å². The zero-order chi connectivity index (χ0) is 24.8. The fourth-order valence-electron chi connectivity index (χ4n) is 4.35. The van der Waals surface area contributed by atoms with E-state index in [0.717, 1.165) is 18.5 Å². The van der Waals surface area contributed by atoms with Gasteiger partial charge in [0.25, 0.3) is 0 Å². The van der Waals surface area contributed by atoms with E-state index in [1.807, 2.05) is 30.3 Å². The van der Waals surface area contributed by atoms with E-state index in [4.69, 9.17) is 14.2 Å². The van der Waals surface area contributed by atoms with Gasteiger partial charge in [-0.05, 0) is 54.8 Å². The summed E-state index contributed by atoms with van der Waals surface area (Å²) in [7, 11) is 3.14. The number of anilines is 1. The number of hydrogen-bond donors (Lipinski definition) is 0. The molecule has 0 radical (unpaired) electrons. The third kappa shape index (κ3) is 5.67. The molecule has 1 heterocycles. The lowest BCUT2D eigenvalue weighted by atomic mass is 10.1. The Balaban J connectivity index is 1.49. The highest BCUT2D eigenvalue weighted by Crippen LogP contribution is 2.34. The second-order valence-corrected chi connectivity index (χ2v) is 8.53. The first-order chi connectivity index (χ1) is 17.0. The largest absolute Gasteiger partial charge is 0.496 e. The van der Waals surface area contributed by atoms with Crippen LogP contribution in [0.2, 0.25) is 0 Å². The maximum absolute atomic E-state index is 13.8. The second kappa shape index (κ2) is 11.1. The first kappa shape index (κ1) is 24.4. The maximum atomic E-state index is 13.8. The summed E-state index contributed by atoms with van der Waals surface area (Å²) >= 11 is 0. The van der Waals surface area contributed by atoms with Crippen molar-refractivity contribution in [3.8, 4) is 17.2 Å². The van der Waals surface area contributed by atoms with Gasteiger partial charge in [0, 0.05) is 36.8 Å². The van der Waals surface area contributed by atoms with E-state index in [9.17, 15) is 9.18 Å². The van der Waals surface area contributed by atoms with Crippen molar-refractivity contribution in [1.82, 2.24) is 4.90 Å². The zero-order valence-electron chi connectivity index (χ0n) is 20.4. The Morgan fingerprint density at radius 1 is 0.886 bits per heavy atom. The molecule has 0 saturated carbocycles. The summed E-state index contributed by atoms with van der Waals surface area (Å²) in [5.41, 5.74) is 3.83. The normalized spacial score (nSPS) is 13.7. The summed E-state index contributed by atoms with van der Waals surface area (Å²) in [6.45, 7) is 4.02. The first-order valence-corrected chi connectivity index (χ1v) is 11.7. The van der Waals surface area contributed by atoms with Crippen LogP contribution in [0.5, 0.6) is 17.2 Å². The Morgan fingerprint density at radius 3 is 2.43 bits per heavy atom. The molecule has 0 spiro atoms. The predicted molar refractivity (Wildman–Crippen MR) is 134 cm³/mol. The third-order valence-corrected chi connectivity index (χ3v) is 6.26. The standard InChI is InChI=1S/C28H31FN2O4/c1-20-7-4-5-8-21(20)13-16-35-27-18-24(10-12-26(27)34-3)31-15-6-14-30(28(31)32)19-22-17-23(29)9-11-25(22)33-2/h4-5,7-12,17-18H,6,13-16,19H2,1-3H3. The third-order valence-electron chi connectivity index (χ3n) is 6.26. The summed E-state index contributed by atoms with van der Waals surface area (Å²) in [6.07, 6.45) is 1.56. The highest BCUT2D eigenvalue weighted by atomic mass is 19.1. The molecular formula is C28H31FN2O4. The van der Waals surface area contributed by atoms with Crippen LogP contribution in [-0.4, -0.2) is 44.8 Å². The Hall–Kier alpha value is -3.74. The molecule has 6 nitrogen and oxygen atoms in total. The Morgan fingerprint density at radius 2 is 1.66 bits per heavy atom. The summed E-state index contributed by atoms with van der Waals surface area (Å²) < 4.78 is 30.8. The molecule has 3 aromatic carbocycles. The van der Waals surface area contributed by atoms with E-state index in [1.54, 1.807) is 30.1 Å². The number of aryl methyl sites for hydroxylation is 1. The summed E-state index contributed by atoms with van der Waals surface area (Å²) in [5, 5.41) is 0. The van der Waals surface area contributed by atoms with Crippen LogP contribution in [0.25, 0.3) is 0 Å². The number of carbonyl (C=O) groups is 1. The van der Waals surface area contributed by atoms with Gasteiger partial charge in [-0.3, -0.25) is 4.90 Å². The molecular weight excluding hydrogens is 447 g/mol. The van der Waals surface area contributed by atoms with Crippen molar-refractivity contribution < 1.29 is 23.4 Å². The number of amides is 2. The molecule has 1 aliphatic rings. The maximum Gasteiger partial charge on any atom is 0.324 e. The predicted octanol–water partition coefficient (Wildman–Crippen LogP) is 5.61. The lowest BCUT2D eigenvalue weighted by molar-refractivity contribution is 0.191. The van der Waals surface area contributed by atoms with E-state index in [2.05, 4.69) is 19.1 Å². The number of benzene rings is 3. The number of halogens is 1. The summed E-state index contributed by atoms with van der Waals surface area (Å²) in [6, 6.07) is 18.0. The molecule has 0 aromatic heterocycles. The SMILES string of the molecule is COc1ccc(F)cc1CN1CCCN(c2ccc(OC)c(OCCc3ccccc3C)c2)C1=O. The monoisotopic (exact) mass is 478 g/mol. The minimum absolute atomic E-state index is 0.140. The average molecular weight is 479 g/mol. The van der Waals surface area contributed by atoms with Gasteiger partial charge in [0.05, 0.1) is 27.4 Å². The smallest absolute Gasteiger partial charge is 0.324 e. The highest BCUT2D eigenvalue weighted by Gasteiger charge is 2.28. The molecule has 1 fully saturated rings. The molecule has 7 heteroatoms. The molecule has 0 unspecified atom stereocenters. The van der Waals surface area contributed by atoms with Crippen molar-refractivity contribution in [3.63, 3.8) is 0 Å². The lowest BCUT2D eigenvalue weighted by Crippen LogP contribution is -2.49. The lowest BCUT2D eigenvalue weighted by Gasteiger charge is -2.36. The minimum atomic E-state index is -0.357. The van der Waals surface area contributed by atoms with Gasteiger partial charge in [-0.25, -0.2) is 9.18 Å². The van der Waals surface area contributed by atoms with Crippen LogP contribution in [-0.2, 0) is 13.0 Å². The van der Waals surface area contributed by atoms with Crippen molar-refractivity contribution in [2.75, 3.05) is 38.8 Å². The topological polar surface area (TPSA) is 51.2 Å². The van der Waals surface area contributed by atoms with E-state index in [1.165, 1.54) is 23.3 Å². The highest BCUT2D eigenvalue weighted by molar-refractivity contribution is 5.93. The first-order valence-electron chi connectivity index (χ1n) is 11.7. The second-order valence-electron chi connectivity index (χ2n) is 8.53. The van der Waals surface area contributed by atoms with E-state index < -0.39 is 0 Å². The fraction of sp³-hybridized carbons (Fsp3) is 0.321. The number of hydrogen-bond acceptors (Lipinski definition) is 4. The molecule has 0 aliphatic carbocycles. The van der Waals surface area contributed by atoms with Crippen LogP contribution in [0.4, 0.5) is 14.9 Å². The van der Waals surface area contributed by atoms with E-state index >= 15 is 0 Å². The molecule has 0 bridgehead atoms. The molecule has 1 saturated heterocycles. The number of rotatable bonds is 9. The van der Waals surface area contributed by atoms with Crippen LogP contribution in [0, 0.1) is 12.7 Å². The van der Waals surface area contributed by atoms with Crippen LogP contribution in [0.15, 0.2) is 60.7 Å². The Bertz CT molecular complexity index is 1180. The van der Waals surface area contributed by atoms with Crippen molar-refractivity contribution >= 4 is 11.7 Å². The van der Waals surface area contributed by atoms with Crippen LogP contribution in [0.3, 0.4) is 0 Å². The van der Waals surface area contributed by atoms with Crippen molar-refractivity contribution in [2.45, 2.75) is 26.3 Å². The van der Waals surface area contributed by atoms with Crippen LogP contribution >= 0.6 is 0 Å². The van der Waals surface area contributed by atoms with Crippen LogP contribution in [0.1, 0.15) is 23.1 Å². The zero-order valence-corrected chi connectivity index (χ0v) is 20.4. The summed E-state index contributed by atoms with van der Waals surface area (Å²) in [5.74, 6) is 1.41. The molecule has 0 atom stereocenters. The minimum Gasteiger partial charge on any atom is -0.496 e. The van der Waals surface area contributed by atoms with Gasteiger partial charge in [0.15, 0.2) is 11.5 Å². The van der Waals surface area contributed by atoms with Crippen LogP contribution < -0.4 is 19.1 Å². The summed E-state index contributed by atoms with van der Waals surface area (Å²) in [4.78, 5) is 16.8. The van der Waals surface area contributed by atoms with Gasteiger partial charge < -0.3 is 19.1 Å². The van der Waals surface area contributed by atoms with Crippen molar-refractivity contribution in [1.29, 1.82) is 0 Å². The molecule has 2 amide bonds. The number of carbonyl (C=O) groups excluding carboxylic acids is 1. The molecule has 35 heavy (non-hydrogen) atoms. The van der Waals surface area contributed by atoms with Gasteiger partial charge in [-0.1, -0.05) is 24.3 Å². The number of methoxy groups -OCH3 is 2. The van der Waals surface area contributed by atoms with Gasteiger partial charge in [0.2, 0.25) is 0 Å². The van der Waals surface area contributed by atoms with Crippen molar-refractivity contribution in [3.05, 3.63) is 83.2 Å².